The van der Waals surface area contributed by atoms with Gasteiger partial charge in [0.2, 0.25) is 17.7 Å². The summed E-state index contributed by atoms with van der Waals surface area (Å²) in [5.74, 6) is -2.43. The molecule has 3 amide bonds. The first-order valence-electron chi connectivity index (χ1n) is 9.24. The molecule has 0 spiro atoms. The van der Waals surface area contributed by atoms with Crippen molar-refractivity contribution in [2.24, 2.45) is 5.92 Å². The lowest BCUT2D eigenvalue weighted by atomic mass is 10.0. The first-order valence-corrected chi connectivity index (χ1v) is 9.24. The van der Waals surface area contributed by atoms with Crippen LogP contribution in [0, 0.1) is 5.92 Å². The van der Waals surface area contributed by atoms with Crippen LogP contribution in [0.25, 0.3) is 0 Å². The lowest BCUT2D eigenvalue weighted by Crippen LogP contribution is -2.55. The van der Waals surface area contributed by atoms with E-state index in [9.17, 15) is 24.3 Å². The summed E-state index contributed by atoms with van der Waals surface area (Å²) < 4.78 is 0. The topological polar surface area (TPSA) is 125 Å². The predicted octanol–water partition coefficient (Wildman–Crippen LogP) is 0.854. The van der Waals surface area contributed by atoms with Crippen LogP contribution in [0.15, 0.2) is 30.3 Å². The SMILES string of the molecule is CC(=O)NC(CC(C)C)C(=O)NC(C)C(=O)NC(Cc1ccccc1)C(=O)O. The number of nitrogens with one attached hydrogen (secondary N) is 3. The molecule has 1 aromatic carbocycles. The average Bonchev–Trinajstić information content (AvgIpc) is 2.60. The quantitative estimate of drug-likeness (QED) is 0.471. The standard InChI is InChI=1S/C20H29N3O5/c1-12(2)10-16(22-14(4)24)19(26)21-13(3)18(25)23-17(20(27)28)11-15-8-6-5-7-9-15/h5-9,12-13,16-17H,10-11H2,1-4H3,(H,21,26)(H,22,24)(H,23,25)(H,27,28). The number of carbonyl (C=O) groups is 4. The van der Waals surface area contributed by atoms with E-state index in [4.69, 9.17) is 0 Å². The zero-order valence-electron chi connectivity index (χ0n) is 16.7. The molecule has 4 N–H and O–H groups in total. The number of hydrogen-bond donors (Lipinski definition) is 4. The van der Waals surface area contributed by atoms with E-state index in [1.54, 1.807) is 24.3 Å². The molecule has 0 fully saturated rings. The fraction of sp³-hybridized carbons (Fsp3) is 0.500. The highest BCUT2D eigenvalue weighted by Gasteiger charge is 2.27. The van der Waals surface area contributed by atoms with Crippen LogP contribution in [0.1, 0.15) is 39.7 Å². The lowest BCUT2D eigenvalue weighted by molar-refractivity contribution is -0.142. The van der Waals surface area contributed by atoms with Crippen molar-refractivity contribution in [2.75, 3.05) is 0 Å². The number of aliphatic carboxylic acids is 1. The molecule has 0 aliphatic carbocycles. The highest BCUT2D eigenvalue weighted by atomic mass is 16.4. The molecule has 3 atom stereocenters. The van der Waals surface area contributed by atoms with E-state index in [1.165, 1.54) is 13.8 Å². The minimum Gasteiger partial charge on any atom is -0.480 e. The van der Waals surface area contributed by atoms with E-state index in [0.717, 1.165) is 5.56 Å². The first kappa shape index (κ1) is 23.1. The molecule has 28 heavy (non-hydrogen) atoms. The molecule has 154 valence electrons. The Morgan fingerprint density at radius 3 is 2.00 bits per heavy atom. The normalized spacial score (nSPS) is 13.9. The van der Waals surface area contributed by atoms with Gasteiger partial charge in [-0.2, -0.15) is 0 Å². The number of carbonyl (C=O) groups excluding carboxylic acids is 3. The summed E-state index contributed by atoms with van der Waals surface area (Å²) in [6.07, 6.45) is 0.552. The smallest absolute Gasteiger partial charge is 0.326 e. The Labute approximate surface area is 165 Å². The molecular weight excluding hydrogens is 362 g/mol. The number of amides is 3. The van der Waals surface area contributed by atoms with E-state index in [1.807, 2.05) is 19.9 Å². The number of rotatable bonds is 10. The van der Waals surface area contributed by atoms with Crippen molar-refractivity contribution < 1.29 is 24.3 Å². The van der Waals surface area contributed by atoms with Gasteiger partial charge in [0.05, 0.1) is 0 Å². The molecule has 8 nitrogen and oxygen atoms in total. The maximum atomic E-state index is 12.4. The van der Waals surface area contributed by atoms with Gasteiger partial charge in [0.15, 0.2) is 0 Å². The van der Waals surface area contributed by atoms with Crippen LogP contribution < -0.4 is 16.0 Å². The van der Waals surface area contributed by atoms with Crippen molar-refractivity contribution in [2.45, 2.75) is 58.7 Å². The molecule has 0 aliphatic rings. The Hall–Kier alpha value is -2.90. The van der Waals surface area contributed by atoms with Gasteiger partial charge in [-0.15, -0.1) is 0 Å². The molecule has 0 saturated carbocycles. The van der Waals surface area contributed by atoms with Gasteiger partial charge in [-0.1, -0.05) is 44.2 Å². The molecule has 0 bridgehead atoms. The summed E-state index contributed by atoms with van der Waals surface area (Å²) in [7, 11) is 0. The number of benzene rings is 1. The van der Waals surface area contributed by atoms with Crippen LogP contribution in [-0.4, -0.2) is 46.9 Å². The zero-order chi connectivity index (χ0) is 21.3. The van der Waals surface area contributed by atoms with Crippen LogP contribution in [-0.2, 0) is 25.6 Å². The Bertz CT molecular complexity index is 690. The Balaban J connectivity index is 2.71. The summed E-state index contributed by atoms with van der Waals surface area (Å²) in [5, 5.41) is 16.9. The van der Waals surface area contributed by atoms with E-state index >= 15 is 0 Å². The molecular formula is C20H29N3O5. The second kappa shape index (κ2) is 11.1. The predicted molar refractivity (Wildman–Crippen MR) is 104 cm³/mol. The molecule has 8 heteroatoms. The van der Waals surface area contributed by atoms with Gasteiger partial charge in [0.1, 0.15) is 18.1 Å². The van der Waals surface area contributed by atoms with Gasteiger partial charge < -0.3 is 21.1 Å². The summed E-state index contributed by atoms with van der Waals surface area (Å²) in [4.78, 5) is 47.6. The van der Waals surface area contributed by atoms with Gasteiger partial charge in [-0.05, 0) is 24.8 Å². The van der Waals surface area contributed by atoms with E-state index in [2.05, 4.69) is 16.0 Å². The number of hydrogen-bond acceptors (Lipinski definition) is 4. The molecule has 1 rings (SSSR count). The van der Waals surface area contributed by atoms with Crippen LogP contribution in [0.2, 0.25) is 0 Å². The Kier molecular flexibility index (Phi) is 9.14. The van der Waals surface area contributed by atoms with Gasteiger partial charge in [0, 0.05) is 13.3 Å². The third-order valence-electron chi connectivity index (χ3n) is 4.05. The largest absolute Gasteiger partial charge is 0.480 e. The fourth-order valence-electron chi connectivity index (χ4n) is 2.67. The second-order valence-corrected chi connectivity index (χ2v) is 7.20. The van der Waals surface area contributed by atoms with Gasteiger partial charge in [-0.3, -0.25) is 14.4 Å². The average molecular weight is 391 g/mol. The maximum Gasteiger partial charge on any atom is 0.326 e. The van der Waals surface area contributed by atoms with Crippen molar-refractivity contribution in [3.05, 3.63) is 35.9 Å². The van der Waals surface area contributed by atoms with Crippen LogP contribution >= 0.6 is 0 Å². The minimum atomic E-state index is -1.16. The molecule has 0 radical (unpaired) electrons. The Morgan fingerprint density at radius 1 is 0.893 bits per heavy atom. The Morgan fingerprint density at radius 2 is 1.50 bits per heavy atom. The molecule has 3 unspecified atom stereocenters. The molecule has 0 heterocycles. The van der Waals surface area contributed by atoms with Crippen LogP contribution in [0.5, 0.6) is 0 Å². The summed E-state index contributed by atoms with van der Waals surface area (Å²) in [5.41, 5.74) is 0.773. The fourth-order valence-corrected chi connectivity index (χ4v) is 2.67. The monoisotopic (exact) mass is 391 g/mol. The molecule has 0 aromatic heterocycles. The number of carboxylic acids is 1. The maximum absolute atomic E-state index is 12.4. The van der Waals surface area contributed by atoms with Gasteiger partial charge in [0.25, 0.3) is 0 Å². The summed E-state index contributed by atoms with van der Waals surface area (Å²) in [6.45, 7) is 6.62. The third-order valence-corrected chi connectivity index (χ3v) is 4.05. The van der Waals surface area contributed by atoms with Crippen LogP contribution in [0.3, 0.4) is 0 Å². The highest BCUT2D eigenvalue weighted by Crippen LogP contribution is 2.06. The van der Waals surface area contributed by atoms with Gasteiger partial charge in [-0.25, -0.2) is 4.79 Å². The lowest BCUT2D eigenvalue weighted by Gasteiger charge is -2.23. The highest BCUT2D eigenvalue weighted by molar-refractivity contribution is 5.93. The zero-order valence-corrected chi connectivity index (χ0v) is 16.7. The molecule has 1 aromatic rings. The second-order valence-electron chi connectivity index (χ2n) is 7.20. The van der Waals surface area contributed by atoms with Crippen LogP contribution in [0.4, 0.5) is 0 Å². The first-order chi connectivity index (χ1) is 13.1. The van der Waals surface area contributed by atoms with Gasteiger partial charge >= 0.3 is 5.97 Å². The van der Waals surface area contributed by atoms with Crippen molar-refractivity contribution in [3.8, 4) is 0 Å². The molecule has 0 saturated heterocycles. The van der Waals surface area contributed by atoms with Crippen molar-refractivity contribution >= 4 is 23.7 Å². The van der Waals surface area contributed by atoms with E-state index in [0.29, 0.717) is 6.42 Å². The third kappa shape index (κ3) is 8.20. The summed E-state index contributed by atoms with van der Waals surface area (Å²) in [6, 6.07) is 6.12. The number of carboxylic acid groups (broad SMARTS) is 1. The van der Waals surface area contributed by atoms with E-state index < -0.39 is 35.9 Å². The minimum absolute atomic E-state index is 0.129. The molecule has 0 aliphatic heterocycles. The van der Waals surface area contributed by atoms with E-state index in [-0.39, 0.29) is 18.2 Å². The van der Waals surface area contributed by atoms with Crippen molar-refractivity contribution in [1.29, 1.82) is 0 Å². The summed E-state index contributed by atoms with van der Waals surface area (Å²) >= 11 is 0. The van der Waals surface area contributed by atoms with Crippen molar-refractivity contribution in [3.63, 3.8) is 0 Å². The van der Waals surface area contributed by atoms with Crippen molar-refractivity contribution in [1.82, 2.24) is 16.0 Å².